The number of hydrogen-bond donors (Lipinski definition) is 0. The summed E-state index contributed by atoms with van der Waals surface area (Å²) in [5.74, 6) is 0.836. The third-order valence-electron chi connectivity index (χ3n) is 1.35. The lowest BCUT2D eigenvalue weighted by Crippen LogP contribution is -1.90. The number of rotatable bonds is 2. The minimum Gasteiger partial charge on any atom is -0.478 e. The Hall–Kier alpha value is -0.210. The molecule has 0 bridgehead atoms. The van der Waals surface area contributed by atoms with E-state index in [0.717, 1.165) is 15.8 Å². The second kappa shape index (κ2) is 3.98. The molecule has 60 valence electrons. The third kappa shape index (κ3) is 2.38. The van der Waals surface area contributed by atoms with Crippen LogP contribution in [0.3, 0.4) is 0 Å². The molecule has 1 rings (SSSR count). The zero-order valence-electron chi connectivity index (χ0n) is 6.10. The van der Waals surface area contributed by atoms with Crippen LogP contribution in [-0.2, 0) is 0 Å². The molecule has 0 atom stereocenters. The summed E-state index contributed by atoms with van der Waals surface area (Å²) in [6.45, 7) is 1.98. The van der Waals surface area contributed by atoms with E-state index >= 15 is 0 Å². The maximum absolute atomic E-state index is 5.41. The van der Waals surface area contributed by atoms with E-state index in [-0.39, 0.29) is 6.07 Å². The number of halogens is 2. The molecule has 0 aromatic heterocycles. The van der Waals surface area contributed by atoms with Gasteiger partial charge in [-0.1, -0.05) is 27.5 Å². The average Bonchev–Trinajstić information content (AvgIpc) is 1.95. The second-order valence-corrected chi connectivity index (χ2v) is 3.30. The van der Waals surface area contributed by atoms with Gasteiger partial charge in [0.2, 0.25) is 0 Å². The Morgan fingerprint density at radius 1 is 1.55 bits per heavy atom. The van der Waals surface area contributed by atoms with E-state index in [1.54, 1.807) is 0 Å². The van der Waals surface area contributed by atoms with Crippen LogP contribution in [0.15, 0.2) is 22.7 Å². The van der Waals surface area contributed by atoms with E-state index in [1.165, 1.54) is 0 Å². The molecule has 1 aromatic carbocycles. The van der Waals surface area contributed by atoms with Crippen molar-refractivity contribution in [2.24, 2.45) is 0 Å². The first-order chi connectivity index (χ1) is 5.24. The van der Waals surface area contributed by atoms with Crippen LogP contribution in [-0.4, -0.2) is 6.07 Å². The highest BCUT2D eigenvalue weighted by molar-refractivity contribution is 9.10. The zero-order valence-corrected chi connectivity index (χ0v) is 8.45. The van der Waals surface area contributed by atoms with Gasteiger partial charge in [-0.15, -0.1) is 0 Å². The van der Waals surface area contributed by atoms with E-state index in [1.807, 2.05) is 25.1 Å². The fourth-order valence-corrected chi connectivity index (χ4v) is 1.43. The van der Waals surface area contributed by atoms with E-state index in [9.17, 15) is 0 Å². The zero-order chi connectivity index (χ0) is 8.27. The van der Waals surface area contributed by atoms with Crippen LogP contribution in [0.4, 0.5) is 0 Å². The molecule has 3 heteroatoms. The van der Waals surface area contributed by atoms with E-state index in [4.69, 9.17) is 16.3 Å². The molecule has 0 spiro atoms. The van der Waals surface area contributed by atoms with E-state index in [2.05, 4.69) is 15.9 Å². The fourth-order valence-electron chi connectivity index (χ4n) is 0.834. The minimum absolute atomic E-state index is 0.197. The van der Waals surface area contributed by atoms with Gasteiger partial charge in [0.15, 0.2) is 6.07 Å². The smallest absolute Gasteiger partial charge is 0.162 e. The molecule has 0 unspecified atom stereocenters. The highest BCUT2D eigenvalue weighted by Gasteiger charge is 1.97. The Morgan fingerprint density at radius 2 is 2.27 bits per heavy atom. The lowest BCUT2D eigenvalue weighted by atomic mass is 10.2. The van der Waals surface area contributed by atoms with Gasteiger partial charge in [0.05, 0.1) is 0 Å². The second-order valence-electron chi connectivity index (χ2n) is 2.16. The number of ether oxygens (including phenoxy) is 1. The molecule has 0 heterocycles. The Kier molecular flexibility index (Phi) is 3.21. The first-order valence-corrected chi connectivity index (χ1v) is 4.51. The predicted octanol–water partition coefficient (Wildman–Crippen LogP) is 3.33. The van der Waals surface area contributed by atoms with Gasteiger partial charge in [-0.05, 0) is 30.7 Å². The number of alkyl halides is 1. The third-order valence-corrected chi connectivity index (χ3v) is 1.95. The molecule has 11 heavy (non-hydrogen) atoms. The summed E-state index contributed by atoms with van der Waals surface area (Å²) in [6.07, 6.45) is 0. The number of aryl methyl sites for hydroxylation is 1. The van der Waals surface area contributed by atoms with Crippen molar-refractivity contribution in [3.05, 3.63) is 28.2 Å². The van der Waals surface area contributed by atoms with Gasteiger partial charge in [-0.2, -0.15) is 0 Å². The molecular formula is C8H8BrClO. The standard InChI is InChI=1S/C8H8BrClO/c1-6-4-7(9)2-3-8(6)11-5-10/h2-4H,5H2,1H3. The molecular weight excluding hydrogens is 227 g/mol. The van der Waals surface area contributed by atoms with Gasteiger partial charge in [-0.25, -0.2) is 0 Å². The molecule has 0 saturated carbocycles. The predicted molar refractivity (Wildman–Crippen MR) is 50.2 cm³/mol. The molecule has 0 fully saturated rings. The maximum atomic E-state index is 5.41. The summed E-state index contributed by atoms with van der Waals surface area (Å²) < 4.78 is 6.19. The van der Waals surface area contributed by atoms with E-state index < -0.39 is 0 Å². The quantitative estimate of drug-likeness (QED) is 0.715. The van der Waals surface area contributed by atoms with Crippen LogP contribution < -0.4 is 4.74 Å². The lowest BCUT2D eigenvalue weighted by molar-refractivity contribution is 0.385. The van der Waals surface area contributed by atoms with Crippen LogP contribution in [0.5, 0.6) is 5.75 Å². The molecule has 0 amide bonds. The molecule has 0 saturated heterocycles. The van der Waals surface area contributed by atoms with Crippen molar-refractivity contribution in [1.82, 2.24) is 0 Å². The summed E-state index contributed by atoms with van der Waals surface area (Å²) in [6, 6.07) is 6.00. The lowest BCUT2D eigenvalue weighted by Gasteiger charge is -2.04. The molecule has 1 nitrogen and oxygen atoms in total. The highest BCUT2D eigenvalue weighted by Crippen LogP contribution is 2.22. The summed E-state index contributed by atoms with van der Waals surface area (Å²) >= 11 is 8.77. The van der Waals surface area contributed by atoms with E-state index in [0.29, 0.717) is 0 Å². The van der Waals surface area contributed by atoms with Crippen LogP contribution in [0, 0.1) is 6.92 Å². The molecule has 0 N–H and O–H groups in total. The van der Waals surface area contributed by atoms with Gasteiger partial charge in [0.1, 0.15) is 5.75 Å². The van der Waals surface area contributed by atoms with Crippen LogP contribution in [0.1, 0.15) is 5.56 Å². The highest BCUT2D eigenvalue weighted by atomic mass is 79.9. The van der Waals surface area contributed by atoms with Gasteiger partial charge < -0.3 is 4.74 Å². The van der Waals surface area contributed by atoms with Crippen molar-refractivity contribution in [1.29, 1.82) is 0 Å². The summed E-state index contributed by atoms with van der Waals surface area (Å²) in [5, 5.41) is 0. The first-order valence-electron chi connectivity index (χ1n) is 3.19. The first kappa shape index (κ1) is 8.88. The Balaban J connectivity index is 2.90. The molecule has 0 radical (unpaired) electrons. The fraction of sp³-hybridized carbons (Fsp3) is 0.250. The average molecular weight is 236 g/mol. The van der Waals surface area contributed by atoms with Gasteiger partial charge in [-0.3, -0.25) is 0 Å². The van der Waals surface area contributed by atoms with Gasteiger partial charge >= 0.3 is 0 Å². The summed E-state index contributed by atoms with van der Waals surface area (Å²) in [7, 11) is 0. The van der Waals surface area contributed by atoms with Crippen molar-refractivity contribution in [2.45, 2.75) is 6.92 Å². The SMILES string of the molecule is Cc1cc(Br)ccc1OCCl. The largest absolute Gasteiger partial charge is 0.478 e. The Labute approximate surface area is 79.4 Å². The van der Waals surface area contributed by atoms with Crippen molar-refractivity contribution in [2.75, 3.05) is 6.07 Å². The topological polar surface area (TPSA) is 9.23 Å². The van der Waals surface area contributed by atoms with Crippen LogP contribution in [0.2, 0.25) is 0 Å². The molecule has 0 aliphatic rings. The minimum atomic E-state index is 0.197. The Bertz CT molecular complexity index is 250. The van der Waals surface area contributed by atoms with Crippen molar-refractivity contribution in [3.8, 4) is 5.75 Å². The van der Waals surface area contributed by atoms with Crippen LogP contribution in [0.25, 0.3) is 0 Å². The van der Waals surface area contributed by atoms with Gasteiger partial charge in [0, 0.05) is 4.47 Å². The van der Waals surface area contributed by atoms with Crippen molar-refractivity contribution in [3.63, 3.8) is 0 Å². The van der Waals surface area contributed by atoms with Gasteiger partial charge in [0.25, 0.3) is 0 Å². The molecule has 0 aliphatic heterocycles. The van der Waals surface area contributed by atoms with Crippen LogP contribution >= 0.6 is 27.5 Å². The van der Waals surface area contributed by atoms with Crippen molar-refractivity contribution < 1.29 is 4.74 Å². The number of benzene rings is 1. The maximum Gasteiger partial charge on any atom is 0.162 e. The Morgan fingerprint density at radius 3 is 2.82 bits per heavy atom. The summed E-state index contributed by atoms with van der Waals surface area (Å²) in [5.41, 5.74) is 1.08. The monoisotopic (exact) mass is 234 g/mol. The molecule has 0 aliphatic carbocycles. The molecule has 1 aromatic rings. The van der Waals surface area contributed by atoms with Crippen molar-refractivity contribution >= 4 is 27.5 Å². The summed E-state index contributed by atoms with van der Waals surface area (Å²) in [4.78, 5) is 0. The normalized spacial score (nSPS) is 9.73. The number of hydrogen-bond acceptors (Lipinski definition) is 1.